The van der Waals surface area contributed by atoms with Crippen LogP contribution >= 0.6 is 0 Å². The van der Waals surface area contributed by atoms with Gasteiger partial charge in [0.2, 0.25) is 0 Å². The normalized spacial score (nSPS) is 23.9. The summed E-state index contributed by atoms with van der Waals surface area (Å²) in [6, 6.07) is 8.97. The van der Waals surface area contributed by atoms with E-state index in [4.69, 9.17) is 4.74 Å². The lowest BCUT2D eigenvalue weighted by Crippen LogP contribution is -2.51. The van der Waals surface area contributed by atoms with Crippen LogP contribution in [0, 0.1) is 6.92 Å². The molecule has 1 amide bonds. The molecule has 3 atom stereocenters. The summed E-state index contributed by atoms with van der Waals surface area (Å²) in [5.74, 6) is 0.296. The van der Waals surface area contributed by atoms with E-state index in [-0.39, 0.29) is 12.5 Å². The van der Waals surface area contributed by atoms with Gasteiger partial charge in [-0.05, 0) is 38.3 Å². The number of carbonyl (C=O) groups is 1. The third-order valence-corrected chi connectivity index (χ3v) is 4.33. The number of benzene rings is 1. The molecule has 6 heteroatoms. The Bertz CT molecular complexity index is 734. The van der Waals surface area contributed by atoms with Gasteiger partial charge in [-0.2, -0.15) is 0 Å². The van der Waals surface area contributed by atoms with Crippen molar-refractivity contribution in [3.05, 3.63) is 36.0 Å². The number of pyridine rings is 1. The molecule has 1 aromatic heterocycles. The Morgan fingerprint density at radius 3 is 2.96 bits per heavy atom. The van der Waals surface area contributed by atoms with Crippen molar-refractivity contribution in [2.75, 3.05) is 6.61 Å². The van der Waals surface area contributed by atoms with Gasteiger partial charge < -0.3 is 20.3 Å². The Labute approximate surface area is 140 Å². The lowest BCUT2D eigenvalue weighted by molar-refractivity contribution is -0.126. The zero-order valence-corrected chi connectivity index (χ0v) is 13.6. The lowest BCUT2D eigenvalue weighted by Gasteiger charge is -2.32. The monoisotopic (exact) mass is 330 g/mol. The molecule has 24 heavy (non-hydrogen) atoms. The summed E-state index contributed by atoms with van der Waals surface area (Å²) in [4.78, 5) is 16.5. The molecule has 3 rings (SSSR count). The Morgan fingerprint density at radius 2 is 2.12 bits per heavy atom. The highest BCUT2D eigenvalue weighted by molar-refractivity contribution is 5.86. The molecule has 0 spiro atoms. The topological polar surface area (TPSA) is 91.7 Å². The first-order chi connectivity index (χ1) is 11.5. The number of aryl methyl sites for hydroxylation is 1. The van der Waals surface area contributed by atoms with Crippen LogP contribution in [0.5, 0.6) is 5.75 Å². The molecular formula is C18H22N2O4. The number of nitrogens with one attached hydrogen (secondary N) is 1. The first-order valence-corrected chi connectivity index (χ1v) is 8.19. The smallest absolute Gasteiger partial charge is 0.258 e. The highest BCUT2D eigenvalue weighted by atomic mass is 16.5. The van der Waals surface area contributed by atoms with Gasteiger partial charge >= 0.3 is 0 Å². The van der Waals surface area contributed by atoms with Crippen molar-refractivity contribution in [2.45, 2.75) is 44.4 Å². The van der Waals surface area contributed by atoms with Crippen molar-refractivity contribution in [1.82, 2.24) is 10.3 Å². The average molecular weight is 330 g/mol. The van der Waals surface area contributed by atoms with Crippen molar-refractivity contribution in [3.63, 3.8) is 0 Å². The van der Waals surface area contributed by atoms with Crippen LogP contribution in [0.15, 0.2) is 30.3 Å². The third kappa shape index (κ3) is 3.66. The van der Waals surface area contributed by atoms with Gasteiger partial charge in [-0.25, -0.2) is 0 Å². The fourth-order valence-electron chi connectivity index (χ4n) is 3.09. The van der Waals surface area contributed by atoms with E-state index < -0.39 is 18.2 Å². The number of carbonyl (C=O) groups excluding carboxylic acids is 1. The van der Waals surface area contributed by atoms with Gasteiger partial charge in [-0.3, -0.25) is 9.78 Å². The summed E-state index contributed by atoms with van der Waals surface area (Å²) >= 11 is 0. The number of amides is 1. The predicted molar refractivity (Wildman–Crippen MR) is 89.8 cm³/mol. The molecule has 1 saturated carbocycles. The van der Waals surface area contributed by atoms with Gasteiger partial charge in [0.1, 0.15) is 5.75 Å². The Kier molecular flexibility index (Phi) is 4.97. The molecule has 1 aliphatic rings. The highest BCUT2D eigenvalue weighted by Gasteiger charge is 2.31. The van der Waals surface area contributed by atoms with Crippen molar-refractivity contribution in [1.29, 1.82) is 0 Å². The molecule has 0 radical (unpaired) electrons. The third-order valence-electron chi connectivity index (χ3n) is 4.33. The largest absolute Gasteiger partial charge is 0.483 e. The maximum Gasteiger partial charge on any atom is 0.258 e. The van der Waals surface area contributed by atoms with E-state index in [1.54, 1.807) is 6.07 Å². The highest BCUT2D eigenvalue weighted by Crippen LogP contribution is 2.25. The first-order valence-electron chi connectivity index (χ1n) is 8.19. The number of hydrogen-bond donors (Lipinski definition) is 3. The summed E-state index contributed by atoms with van der Waals surface area (Å²) in [7, 11) is 0. The maximum atomic E-state index is 12.1. The van der Waals surface area contributed by atoms with E-state index >= 15 is 0 Å². The second-order valence-electron chi connectivity index (χ2n) is 6.23. The maximum absolute atomic E-state index is 12.1. The van der Waals surface area contributed by atoms with Crippen molar-refractivity contribution in [2.24, 2.45) is 0 Å². The van der Waals surface area contributed by atoms with Crippen molar-refractivity contribution in [3.8, 4) is 5.75 Å². The van der Waals surface area contributed by atoms with Gasteiger partial charge in [-0.1, -0.05) is 12.1 Å². The van der Waals surface area contributed by atoms with Crippen LogP contribution in [0.1, 0.15) is 25.0 Å². The molecule has 6 nitrogen and oxygen atoms in total. The lowest BCUT2D eigenvalue weighted by atomic mass is 9.90. The number of hydrogen-bond acceptors (Lipinski definition) is 5. The molecule has 2 aromatic rings. The number of fused-ring (bicyclic) bond motifs is 1. The van der Waals surface area contributed by atoms with Crippen molar-refractivity contribution < 1.29 is 19.7 Å². The summed E-state index contributed by atoms with van der Waals surface area (Å²) in [5.41, 5.74) is 1.63. The standard InChI is InChI=1S/C18H22N2O4/c1-11-9-16(12-5-2-3-6-13(12)19-11)24-10-17(22)20-14-7-4-8-15(21)18(14)23/h2-3,5-6,9,14-15,18,21,23H,4,7-8,10H2,1H3,(H,20,22)/t14-,15-,18-/m1/s1. The number of aromatic nitrogens is 1. The Hall–Kier alpha value is -2.18. The number of rotatable bonds is 4. The summed E-state index contributed by atoms with van der Waals surface area (Å²) in [6.07, 6.45) is 0.287. The molecule has 0 unspecified atom stereocenters. The number of aliphatic hydroxyl groups is 2. The molecule has 128 valence electrons. The molecule has 1 aliphatic carbocycles. The quantitative estimate of drug-likeness (QED) is 0.786. The summed E-state index contributed by atoms with van der Waals surface area (Å²) in [6.45, 7) is 1.73. The van der Waals surface area contributed by atoms with Crippen LogP contribution < -0.4 is 10.1 Å². The van der Waals surface area contributed by atoms with Crippen LogP contribution in [0.4, 0.5) is 0 Å². The minimum Gasteiger partial charge on any atom is -0.483 e. The van der Waals surface area contributed by atoms with E-state index in [2.05, 4.69) is 10.3 Å². The van der Waals surface area contributed by atoms with Crippen molar-refractivity contribution >= 4 is 16.8 Å². The minimum absolute atomic E-state index is 0.146. The van der Waals surface area contributed by atoms with Crippen LogP contribution in [0.2, 0.25) is 0 Å². The zero-order valence-electron chi connectivity index (χ0n) is 13.6. The molecule has 1 aromatic carbocycles. The molecule has 0 saturated heterocycles. The van der Waals surface area contributed by atoms with Gasteiger partial charge in [-0.15, -0.1) is 0 Å². The number of aliphatic hydroxyl groups excluding tert-OH is 2. The van der Waals surface area contributed by atoms with Crippen LogP contribution in [-0.4, -0.2) is 46.0 Å². The number of nitrogens with zero attached hydrogens (tertiary/aromatic N) is 1. The average Bonchev–Trinajstić information content (AvgIpc) is 2.56. The fraction of sp³-hybridized carbons (Fsp3) is 0.444. The minimum atomic E-state index is -0.924. The Balaban J connectivity index is 1.64. The number of para-hydroxylation sites is 1. The molecule has 0 aliphatic heterocycles. The van der Waals surface area contributed by atoms with E-state index in [1.165, 1.54) is 0 Å². The first kappa shape index (κ1) is 16.7. The second-order valence-corrected chi connectivity index (χ2v) is 6.23. The van der Waals surface area contributed by atoms with Gasteiger partial charge in [0.05, 0.1) is 23.8 Å². The molecule has 1 heterocycles. The van der Waals surface area contributed by atoms with Crippen LogP contribution in [-0.2, 0) is 4.79 Å². The SMILES string of the molecule is Cc1cc(OCC(=O)N[C@@H]2CCC[C@@H](O)[C@@H]2O)c2ccccc2n1. The van der Waals surface area contributed by atoms with E-state index in [1.807, 2.05) is 31.2 Å². The van der Waals surface area contributed by atoms with Gasteiger partial charge in [0, 0.05) is 17.1 Å². The Morgan fingerprint density at radius 1 is 1.33 bits per heavy atom. The second kappa shape index (κ2) is 7.15. The van der Waals surface area contributed by atoms with E-state index in [0.29, 0.717) is 18.6 Å². The molecule has 0 bridgehead atoms. The summed E-state index contributed by atoms with van der Waals surface area (Å²) < 4.78 is 5.67. The van der Waals surface area contributed by atoms with E-state index in [0.717, 1.165) is 23.0 Å². The summed E-state index contributed by atoms with van der Waals surface area (Å²) in [5, 5.41) is 23.2. The van der Waals surface area contributed by atoms with Crippen LogP contribution in [0.3, 0.4) is 0 Å². The number of ether oxygens (including phenoxy) is 1. The van der Waals surface area contributed by atoms with Gasteiger partial charge in [0.25, 0.3) is 5.91 Å². The zero-order chi connectivity index (χ0) is 17.1. The van der Waals surface area contributed by atoms with Crippen LogP contribution in [0.25, 0.3) is 10.9 Å². The van der Waals surface area contributed by atoms with E-state index in [9.17, 15) is 15.0 Å². The van der Waals surface area contributed by atoms with Gasteiger partial charge in [0.15, 0.2) is 6.61 Å². The fourth-order valence-corrected chi connectivity index (χ4v) is 3.09. The molecule has 3 N–H and O–H groups in total. The molecular weight excluding hydrogens is 308 g/mol. The predicted octanol–water partition coefficient (Wildman–Crippen LogP) is 1.31. The molecule has 1 fully saturated rings.